The number of Topliss-reactive ketones (excluding diaryl/α,β-unsaturated/α-hetero) is 1. The van der Waals surface area contributed by atoms with Gasteiger partial charge in [-0.1, -0.05) is 72.5 Å². The van der Waals surface area contributed by atoms with Crippen molar-refractivity contribution in [3.05, 3.63) is 101 Å². The summed E-state index contributed by atoms with van der Waals surface area (Å²) in [5.74, 6) is 0.122. The predicted molar refractivity (Wildman–Crippen MR) is 156 cm³/mol. The number of hydrogen-bond acceptors (Lipinski definition) is 9. The van der Waals surface area contributed by atoms with Crippen LogP contribution in [0.25, 0.3) is 5.76 Å². The molecule has 0 spiro atoms. The number of rotatable bonds is 10. The number of methoxy groups -OCH3 is 1. The number of aromatic nitrogens is 2. The van der Waals surface area contributed by atoms with Crippen molar-refractivity contribution in [1.29, 1.82) is 0 Å². The lowest BCUT2D eigenvalue weighted by atomic mass is 9.95. The molecule has 0 bridgehead atoms. The van der Waals surface area contributed by atoms with Gasteiger partial charge in [0.2, 0.25) is 5.13 Å². The Balaban J connectivity index is 1.53. The van der Waals surface area contributed by atoms with E-state index in [2.05, 4.69) is 10.2 Å². The van der Waals surface area contributed by atoms with Crippen molar-refractivity contribution in [1.82, 2.24) is 10.2 Å². The topological polar surface area (TPSA) is 102 Å². The second kappa shape index (κ2) is 12.4. The molecule has 40 heavy (non-hydrogen) atoms. The summed E-state index contributed by atoms with van der Waals surface area (Å²) < 4.78 is 11.6. The molecule has 0 saturated carbocycles. The third-order valence-electron chi connectivity index (χ3n) is 6.28. The van der Waals surface area contributed by atoms with E-state index in [4.69, 9.17) is 9.47 Å². The number of ether oxygens (including phenoxy) is 2. The number of benzene rings is 3. The minimum absolute atomic E-state index is 0.0221. The molecule has 3 aromatic carbocycles. The lowest BCUT2D eigenvalue weighted by Gasteiger charge is -2.22. The first-order chi connectivity index (χ1) is 19.5. The summed E-state index contributed by atoms with van der Waals surface area (Å²) in [5.41, 5.74) is 2.13. The number of aliphatic hydroxyl groups excluding tert-OH is 1. The fourth-order valence-electron chi connectivity index (χ4n) is 4.29. The summed E-state index contributed by atoms with van der Waals surface area (Å²) in [6, 6.07) is 22.9. The number of thioether (sulfide) groups is 1. The molecular weight excluding hydrogens is 546 g/mol. The van der Waals surface area contributed by atoms with Crippen molar-refractivity contribution in [2.24, 2.45) is 0 Å². The second-order valence-electron chi connectivity index (χ2n) is 8.94. The summed E-state index contributed by atoms with van der Waals surface area (Å²) in [4.78, 5) is 28.2. The van der Waals surface area contributed by atoms with Gasteiger partial charge in [-0.3, -0.25) is 14.5 Å². The second-order valence-corrected chi connectivity index (χ2v) is 11.1. The first-order valence-electron chi connectivity index (χ1n) is 12.7. The van der Waals surface area contributed by atoms with Gasteiger partial charge in [0.1, 0.15) is 17.3 Å². The highest BCUT2D eigenvalue weighted by molar-refractivity contribution is 8.00. The molecule has 1 amide bonds. The molecular formula is C30H27N3O5S2. The molecule has 1 N–H and O–H groups in total. The molecule has 1 saturated heterocycles. The summed E-state index contributed by atoms with van der Waals surface area (Å²) >= 11 is 2.73. The predicted octanol–water partition coefficient (Wildman–Crippen LogP) is 6.25. The van der Waals surface area contributed by atoms with Gasteiger partial charge in [0.25, 0.3) is 5.78 Å². The monoisotopic (exact) mass is 573 g/mol. The number of hydrogen-bond donors (Lipinski definition) is 1. The minimum atomic E-state index is -0.901. The van der Waals surface area contributed by atoms with Crippen molar-refractivity contribution in [3.63, 3.8) is 0 Å². The molecule has 8 nitrogen and oxygen atoms in total. The molecule has 1 aromatic heterocycles. The van der Waals surface area contributed by atoms with Gasteiger partial charge in [-0.05, 0) is 53.9 Å². The van der Waals surface area contributed by atoms with E-state index < -0.39 is 17.7 Å². The van der Waals surface area contributed by atoms with Crippen LogP contribution in [0.4, 0.5) is 5.13 Å². The van der Waals surface area contributed by atoms with E-state index in [1.165, 1.54) is 28.0 Å². The lowest BCUT2D eigenvalue weighted by molar-refractivity contribution is -0.132. The molecule has 1 aliphatic heterocycles. The molecule has 5 rings (SSSR count). The zero-order valence-electron chi connectivity index (χ0n) is 21.9. The van der Waals surface area contributed by atoms with E-state index in [9.17, 15) is 14.7 Å². The van der Waals surface area contributed by atoms with Crippen molar-refractivity contribution in [2.75, 3.05) is 18.6 Å². The molecule has 4 aromatic rings. The normalized spacial score (nSPS) is 16.4. The van der Waals surface area contributed by atoms with Gasteiger partial charge in [0.05, 0.1) is 25.3 Å². The Hall–Kier alpha value is -4.15. The van der Waals surface area contributed by atoms with Crippen LogP contribution in [-0.2, 0) is 15.3 Å². The Morgan fingerprint density at radius 2 is 1.68 bits per heavy atom. The van der Waals surface area contributed by atoms with Crippen LogP contribution >= 0.6 is 23.1 Å². The van der Waals surface area contributed by atoms with Crippen LogP contribution in [0.5, 0.6) is 11.5 Å². The fraction of sp³-hybridized carbons (Fsp3) is 0.200. The first-order valence-corrected chi connectivity index (χ1v) is 14.5. The Labute approximate surface area is 240 Å². The maximum absolute atomic E-state index is 13.5. The standard InChI is InChI=1S/C30H27N3O5S2/c1-3-17-38-23-15-9-20(10-16-23)25-24(26(34)21-11-13-22(37-2)14-12-21)27(35)28(36)33(25)29-31-32-30(40-29)39-18-19-7-5-4-6-8-19/h4-16,25,34H,3,17-18H2,1-2H3/b26-24-. The van der Waals surface area contributed by atoms with E-state index >= 15 is 0 Å². The summed E-state index contributed by atoms with van der Waals surface area (Å²) in [5, 5.41) is 20.2. The van der Waals surface area contributed by atoms with Crippen molar-refractivity contribution < 1.29 is 24.2 Å². The number of amides is 1. The summed E-state index contributed by atoms with van der Waals surface area (Å²) in [7, 11) is 1.54. The number of ketones is 1. The van der Waals surface area contributed by atoms with Crippen LogP contribution in [0.2, 0.25) is 0 Å². The zero-order chi connectivity index (χ0) is 28.1. The Kier molecular flexibility index (Phi) is 8.47. The van der Waals surface area contributed by atoms with Crippen molar-refractivity contribution in [2.45, 2.75) is 29.5 Å². The largest absolute Gasteiger partial charge is 0.507 e. The quantitative estimate of drug-likeness (QED) is 0.0781. The third-order valence-corrected chi connectivity index (χ3v) is 8.41. The van der Waals surface area contributed by atoms with Crippen LogP contribution in [0.15, 0.2) is 88.8 Å². The molecule has 204 valence electrons. The lowest BCUT2D eigenvalue weighted by Crippen LogP contribution is -2.29. The highest BCUT2D eigenvalue weighted by Gasteiger charge is 2.48. The van der Waals surface area contributed by atoms with E-state index in [1.807, 2.05) is 37.3 Å². The molecule has 1 aliphatic rings. The number of carbonyl (C=O) groups is 2. The van der Waals surface area contributed by atoms with Crippen LogP contribution in [0.1, 0.15) is 36.1 Å². The molecule has 2 heterocycles. The van der Waals surface area contributed by atoms with E-state index in [-0.39, 0.29) is 16.5 Å². The minimum Gasteiger partial charge on any atom is -0.507 e. The highest BCUT2D eigenvalue weighted by Crippen LogP contribution is 2.44. The average molecular weight is 574 g/mol. The molecule has 1 fully saturated rings. The summed E-state index contributed by atoms with van der Waals surface area (Å²) in [6.07, 6.45) is 0.867. The Morgan fingerprint density at radius 3 is 2.35 bits per heavy atom. The molecule has 0 aliphatic carbocycles. The number of nitrogens with zero attached hydrogens (tertiary/aromatic N) is 3. The highest BCUT2D eigenvalue weighted by atomic mass is 32.2. The zero-order valence-corrected chi connectivity index (χ0v) is 23.6. The van der Waals surface area contributed by atoms with Crippen LogP contribution in [0.3, 0.4) is 0 Å². The smallest absolute Gasteiger partial charge is 0.301 e. The van der Waals surface area contributed by atoms with Gasteiger partial charge in [0.15, 0.2) is 4.34 Å². The van der Waals surface area contributed by atoms with E-state index in [0.717, 1.165) is 12.0 Å². The molecule has 1 atom stereocenters. The Bertz CT molecular complexity index is 1520. The maximum Gasteiger partial charge on any atom is 0.301 e. The van der Waals surface area contributed by atoms with Crippen molar-refractivity contribution in [3.8, 4) is 11.5 Å². The van der Waals surface area contributed by atoms with Gasteiger partial charge in [-0.2, -0.15) is 0 Å². The van der Waals surface area contributed by atoms with Gasteiger partial charge in [-0.15, -0.1) is 10.2 Å². The van der Waals surface area contributed by atoms with Crippen molar-refractivity contribution >= 4 is 45.7 Å². The number of carbonyl (C=O) groups excluding carboxylic acids is 2. The van der Waals surface area contributed by atoms with Gasteiger partial charge in [0, 0.05) is 11.3 Å². The maximum atomic E-state index is 13.5. The van der Waals surface area contributed by atoms with Gasteiger partial charge >= 0.3 is 5.91 Å². The summed E-state index contributed by atoms with van der Waals surface area (Å²) in [6.45, 7) is 2.60. The van der Waals surface area contributed by atoms with Gasteiger partial charge < -0.3 is 14.6 Å². The van der Waals surface area contributed by atoms with Crippen LogP contribution in [0, 0.1) is 0 Å². The fourth-order valence-corrected chi connectivity index (χ4v) is 6.12. The molecule has 1 unspecified atom stereocenters. The SMILES string of the molecule is CCCOc1ccc(C2/C(=C(/O)c3ccc(OC)cc3)C(=O)C(=O)N2c2nnc(SCc3ccccc3)s2)cc1. The number of aliphatic hydroxyl groups is 1. The van der Waals surface area contributed by atoms with Crippen LogP contribution < -0.4 is 14.4 Å². The first kappa shape index (κ1) is 27.4. The molecule has 10 heteroatoms. The Morgan fingerprint density at radius 1 is 0.975 bits per heavy atom. The van der Waals surface area contributed by atoms with E-state index in [1.54, 1.807) is 55.6 Å². The van der Waals surface area contributed by atoms with Crippen LogP contribution in [-0.4, -0.2) is 40.7 Å². The average Bonchev–Trinajstić information content (AvgIpc) is 3.57. The van der Waals surface area contributed by atoms with Gasteiger partial charge in [-0.25, -0.2) is 0 Å². The number of anilines is 1. The van der Waals surface area contributed by atoms with E-state index in [0.29, 0.717) is 39.3 Å². The molecule has 0 radical (unpaired) electrons. The third kappa shape index (κ3) is 5.73.